The van der Waals surface area contributed by atoms with Crippen molar-refractivity contribution in [2.24, 2.45) is 7.05 Å². The number of rotatable bonds is 6. The topological polar surface area (TPSA) is 115 Å². The Hall–Kier alpha value is -2.71. The smallest absolute Gasteiger partial charge is 0.358 e. The summed E-state index contributed by atoms with van der Waals surface area (Å²) in [7, 11) is 1.83. The molecule has 2 aromatic rings. The molecule has 0 spiro atoms. The van der Waals surface area contributed by atoms with Gasteiger partial charge in [0.15, 0.2) is 5.69 Å². The van der Waals surface area contributed by atoms with Crippen molar-refractivity contribution in [3.8, 4) is 0 Å². The van der Waals surface area contributed by atoms with Gasteiger partial charge in [-0.3, -0.25) is 9.48 Å². The van der Waals surface area contributed by atoms with E-state index in [-0.39, 0.29) is 18.1 Å². The number of carbonyl (C=O) groups is 2. The third-order valence-electron chi connectivity index (χ3n) is 2.69. The number of amides is 1. The van der Waals surface area contributed by atoms with Gasteiger partial charge in [0.2, 0.25) is 5.91 Å². The van der Waals surface area contributed by atoms with Crippen LogP contribution in [0.4, 0.5) is 0 Å². The fourth-order valence-electron chi connectivity index (χ4n) is 1.65. The highest BCUT2D eigenvalue weighted by Crippen LogP contribution is 1.96. The van der Waals surface area contributed by atoms with Crippen LogP contribution in [0.3, 0.4) is 0 Å². The van der Waals surface area contributed by atoms with Crippen molar-refractivity contribution < 1.29 is 14.7 Å². The first kappa shape index (κ1) is 13.7. The molecular formula is C11H14N6O3. The van der Waals surface area contributed by atoms with E-state index in [9.17, 15) is 9.59 Å². The Morgan fingerprint density at radius 3 is 2.85 bits per heavy atom. The normalized spacial score (nSPS) is 10.4. The number of aryl methyl sites for hydroxylation is 1. The summed E-state index contributed by atoms with van der Waals surface area (Å²) in [6, 6.07) is 1.88. The van der Waals surface area contributed by atoms with E-state index >= 15 is 0 Å². The van der Waals surface area contributed by atoms with Gasteiger partial charge in [0.05, 0.1) is 6.20 Å². The van der Waals surface area contributed by atoms with Gasteiger partial charge < -0.3 is 10.4 Å². The standard InChI is InChI=1S/C11H14N6O3/c1-16-8(3-5-13-16)2-4-12-10(18)7-17-6-9(11(19)20)14-15-17/h3,5-6H,2,4,7H2,1H3,(H,12,18)(H,19,20). The fourth-order valence-corrected chi connectivity index (χ4v) is 1.65. The number of carboxylic acid groups (broad SMARTS) is 1. The molecule has 0 radical (unpaired) electrons. The van der Waals surface area contributed by atoms with Crippen molar-refractivity contribution in [1.82, 2.24) is 30.1 Å². The Balaban J connectivity index is 1.77. The summed E-state index contributed by atoms with van der Waals surface area (Å²) in [5.41, 5.74) is 0.826. The minimum absolute atomic E-state index is 0.0638. The summed E-state index contributed by atoms with van der Waals surface area (Å²) in [6.07, 6.45) is 3.57. The number of aromatic carboxylic acids is 1. The Morgan fingerprint density at radius 1 is 1.45 bits per heavy atom. The maximum atomic E-state index is 11.6. The highest BCUT2D eigenvalue weighted by Gasteiger charge is 2.10. The van der Waals surface area contributed by atoms with Crippen LogP contribution in [0.1, 0.15) is 16.2 Å². The average Bonchev–Trinajstić information content (AvgIpc) is 2.99. The summed E-state index contributed by atoms with van der Waals surface area (Å²) in [4.78, 5) is 22.2. The van der Waals surface area contributed by atoms with Gasteiger partial charge in [0, 0.05) is 31.9 Å². The van der Waals surface area contributed by atoms with Crippen molar-refractivity contribution in [1.29, 1.82) is 0 Å². The highest BCUT2D eigenvalue weighted by molar-refractivity contribution is 5.84. The lowest BCUT2D eigenvalue weighted by Gasteiger charge is -2.05. The van der Waals surface area contributed by atoms with Crippen molar-refractivity contribution >= 4 is 11.9 Å². The number of carboxylic acids is 1. The van der Waals surface area contributed by atoms with Gasteiger partial charge in [-0.25, -0.2) is 9.48 Å². The zero-order valence-corrected chi connectivity index (χ0v) is 10.9. The summed E-state index contributed by atoms with van der Waals surface area (Å²) < 4.78 is 2.92. The van der Waals surface area contributed by atoms with E-state index in [2.05, 4.69) is 20.7 Å². The first-order valence-corrected chi connectivity index (χ1v) is 5.93. The van der Waals surface area contributed by atoms with Crippen LogP contribution in [0.25, 0.3) is 0 Å². The molecule has 0 aliphatic carbocycles. The molecule has 0 fully saturated rings. The summed E-state index contributed by atoms with van der Waals surface area (Å²) >= 11 is 0. The van der Waals surface area contributed by atoms with E-state index in [0.717, 1.165) is 5.69 Å². The van der Waals surface area contributed by atoms with Crippen LogP contribution in [0.15, 0.2) is 18.5 Å². The second-order valence-electron chi connectivity index (χ2n) is 4.15. The largest absolute Gasteiger partial charge is 0.476 e. The van der Waals surface area contributed by atoms with Crippen molar-refractivity contribution in [2.75, 3.05) is 6.54 Å². The van der Waals surface area contributed by atoms with Crippen molar-refractivity contribution in [2.45, 2.75) is 13.0 Å². The quantitative estimate of drug-likeness (QED) is 0.705. The number of hydrogen-bond acceptors (Lipinski definition) is 5. The number of hydrogen-bond donors (Lipinski definition) is 2. The zero-order valence-electron chi connectivity index (χ0n) is 10.9. The predicted octanol–water partition coefficient (Wildman–Crippen LogP) is -0.931. The summed E-state index contributed by atoms with van der Waals surface area (Å²) in [5.74, 6) is -1.43. The summed E-state index contributed by atoms with van der Waals surface area (Å²) in [6.45, 7) is 0.407. The van der Waals surface area contributed by atoms with E-state index in [0.29, 0.717) is 13.0 Å². The Labute approximate surface area is 114 Å². The molecule has 0 aromatic carbocycles. The molecule has 9 nitrogen and oxygen atoms in total. The van der Waals surface area contributed by atoms with Crippen LogP contribution in [0.5, 0.6) is 0 Å². The van der Waals surface area contributed by atoms with Crippen LogP contribution in [0.2, 0.25) is 0 Å². The van der Waals surface area contributed by atoms with Gasteiger partial charge >= 0.3 is 5.97 Å². The van der Waals surface area contributed by atoms with Crippen LogP contribution in [-0.2, 0) is 24.8 Å². The van der Waals surface area contributed by atoms with Crippen LogP contribution in [-0.4, -0.2) is 48.3 Å². The van der Waals surface area contributed by atoms with Gasteiger partial charge in [0.25, 0.3) is 0 Å². The molecule has 0 unspecified atom stereocenters. The molecular weight excluding hydrogens is 264 g/mol. The molecule has 9 heteroatoms. The molecule has 0 saturated carbocycles. The van der Waals surface area contributed by atoms with Crippen molar-refractivity contribution in [3.63, 3.8) is 0 Å². The second kappa shape index (κ2) is 5.95. The first-order valence-electron chi connectivity index (χ1n) is 5.93. The molecule has 0 saturated heterocycles. The van der Waals surface area contributed by atoms with Crippen LogP contribution >= 0.6 is 0 Å². The molecule has 1 amide bonds. The maximum absolute atomic E-state index is 11.6. The highest BCUT2D eigenvalue weighted by atomic mass is 16.4. The molecule has 106 valence electrons. The molecule has 2 aromatic heterocycles. The minimum atomic E-state index is -1.17. The maximum Gasteiger partial charge on any atom is 0.358 e. The van der Waals surface area contributed by atoms with Crippen LogP contribution < -0.4 is 5.32 Å². The van der Waals surface area contributed by atoms with E-state index < -0.39 is 5.97 Å². The second-order valence-corrected chi connectivity index (χ2v) is 4.15. The van der Waals surface area contributed by atoms with E-state index in [1.807, 2.05) is 13.1 Å². The molecule has 0 aliphatic rings. The lowest BCUT2D eigenvalue weighted by Crippen LogP contribution is -2.29. The number of nitrogens with zero attached hydrogens (tertiary/aromatic N) is 5. The summed E-state index contributed by atoms with van der Waals surface area (Å²) in [5, 5.41) is 22.4. The lowest BCUT2D eigenvalue weighted by molar-refractivity contribution is -0.121. The van der Waals surface area contributed by atoms with Gasteiger partial charge in [-0.2, -0.15) is 5.10 Å². The van der Waals surface area contributed by atoms with Gasteiger partial charge in [-0.1, -0.05) is 5.21 Å². The Bertz CT molecular complexity index is 617. The van der Waals surface area contributed by atoms with Gasteiger partial charge in [-0.05, 0) is 6.07 Å². The lowest BCUT2D eigenvalue weighted by atomic mass is 10.3. The molecule has 2 heterocycles. The van der Waals surface area contributed by atoms with Crippen molar-refractivity contribution in [3.05, 3.63) is 29.8 Å². The molecule has 2 rings (SSSR count). The van der Waals surface area contributed by atoms with E-state index in [1.165, 1.54) is 10.9 Å². The number of nitrogens with one attached hydrogen (secondary N) is 1. The third-order valence-corrected chi connectivity index (χ3v) is 2.69. The molecule has 2 N–H and O–H groups in total. The van der Waals surface area contributed by atoms with Gasteiger partial charge in [0.1, 0.15) is 6.54 Å². The van der Waals surface area contributed by atoms with E-state index in [4.69, 9.17) is 5.11 Å². The first-order chi connectivity index (χ1) is 9.56. The number of aromatic nitrogens is 5. The molecule has 0 aliphatic heterocycles. The molecule has 20 heavy (non-hydrogen) atoms. The Morgan fingerprint density at radius 2 is 2.25 bits per heavy atom. The average molecular weight is 278 g/mol. The predicted molar refractivity (Wildman–Crippen MR) is 66.9 cm³/mol. The fraction of sp³-hybridized carbons (Fsp3) is 0.364. The molecule has 0 atom stereocenters. The monoisotopic (exact) mass is 278 g/mol. The third kappa shape index (κ3) is 3.40. The van der Waals surface area contributed by atoms with Crippen LogP contribution in [0, 0.1) is 0 Å². The Kier molecular flexibility index (Phi) is 4.08. The SMILES string of the molecule is Cn1nccc1CCNC(=O)Cn1cc(C(=O)O)nn1. The number of carbonyl (C=O) groups excluding carboxylic acids is 1. The zero-order chi connectivity index (χ0) is 14.5. The van der Waals surface area contributed by atoms with E-state index in [1.54, 1.807) is 10.9 Å². The minimum Gasteiger partial charge on any atom is -0.476 e. The van der Waals surface area contributed by atoms with Gasteiger partial charge in [-0.15, -0.1) is 5.10 Å². The molecule has 0 bridgehead atoms.